The zero-order valence-corrected chi connectivity index (χ0v) is 7.98. The minimum absolute atomic E-state index is 0.415. The molecule has 0 aliphatic carbocycles. The number of methoxy groups -OCH3 is 1. The molecular weight excluding hydrogens is 198 g/mol. The highest BCUT2D eigenvalue weighted by atomic mass is 16.5. The number of aromatic amines is 1. The fourth-order valence-electron chi connectivity index (χ4n) is 1.30. The maximum atomic E-state index is 11.4. The Hall–Kier alpha value is -2.24. The topological polar surface area (TPSA) is 76.1 Å². The van der Waals surface area contributed by atoms with Gasteiger partial charge in [0.15, 0.2) is 0 Å². The van der Waals surface area contributed by atoms with Gasteiger partial charge in [-0.25, -0.2) is 15.0 Å². The molecule has 0 aliphatic heterocycles. The van der Waals surface area contributed by atoms with E-state index in [0.717, 1.165) is 4.68 Å². The molecule has 78 valence electrons. The summed E-state index contributed by atoms with van der Waals surface area (Å²) < 4.78 is 5.50. The second-order valence-electron chi connectivity index (χ2n) is 2.89. The van der Waals surface area contributed by atoms with Crippen LogP contribution < -0.4 is 11.1 Å². The lowest BCUT2D eigenvalue weighted by atomic mass is 10.3. The molecule has 0 saturated carbocycles. The number of hydrogen-bond acceptors (Lipinski definition) is 3. The molecule has 0 atom stereocenters. The van der Waals surface area contributed by atoms with Gasteiger partial charge in [0, 0.05) is 0 Å². The van der Waals surface area contributed by atoms with Crippen LogP contribution in [0, 0.1) is 0 Å². The molecule has 1 aromatic heterocycles. The minimum Gasteiger partial charge on any atom is -0.452 e. The maximum Gasteiger partial charge on any atom is 0.426 e. The highest BCUT2D eigenvalue weighted by Crippen LogP contribution is 2.06. The summed E-state index contributed by atoms with van der Waals surface area (Å²) in [5, 5.41) is 0. The number of imidazole rings is 1. The summed E-state index contributed by atoms with van der Waals surface area (Å²) in [6.07, 6.45) is -0.693. The third-order valence-electron chi connectivity index (χ3n) is 1.98. The summed E-state index contributed by atoms with van der Waals surface area (Å²) in [5.41, 5.74) is 3.12. The number of amides is 1. The van der Waals surface area contributed by atoms with E-state index in [1.54, 1.807) is 24.3 Å². The van der Waals surface area contributed by atoms with Gasteiger partial charge in [-0.3, -0.25) is 0 Å². The monoisotopic (exact) mass is 207 g/mol. The van der Waals surface area contributed by atoms with E-state index in [1.807, 2.05) is 0 Å². The van der Waals surface area contributed by atoms with Crippen molar-refractivity contribution in [2.45, 2.75) is 0 Å². The summed E-state index contributed by atoms with van der Waals surface area (Å²) in [4.78, 5) is 25.0. The van der Waals surface area contributed by atoms with Crippen LogP contribution in [0.1, 0.15) is 0 Å². The second-order valence-corrected chi connectivity index (χ2v) is 2.89. The third kappa shape index (κ3) is 1.56. The molecule has 15 heavy (non-hydrogen) atoms. The zero-order chi connectivity index (χ0) is 10.8. The third-order valence-corrected chi connectivity index (χ3v) is 1.98. The van der Waals surface area contributed by atoms with Crippen molar-refractivity contribution in [1.82, 2.24) is 9.66 Å². The fourth-order valence-corrected chi connectivity index (χ4v) is 1.30. The number of hydrogen-bond donors (Lipinski definition) is 2. The van der Waals surface area contributed by atoms with Crippen LogP contribution in [-0.4, -0.2) is 22.9 Å². The first kappa shape index (κ1) is 9.32. The summed E-state index contributed by atoms with van der Waals surface area (Å²) in [7, 11) is 1.23. The number of benzene rings is 1. The van der Waals surface area contributed by atoms with Gasteiger partial charge in [-0.2, -0.15) is 4.68 Å². The molecule has 0 fully saturated rings. The lowest BCUT2D eigenvalue weighted by Gasteiger charge is -2.03. The van der Waals surface area contributed by atoms with Crippen LogP contribution >= 0.6 is 0 Å². The van der Waals surface area contributed by atoms with E-state index in [1.165, 1.54) is 7.11 Å². The van der Waals surface area contributed by atoms with Crippen molar-refractivity contribution in [3.05, 3.63) is 34.7 Å². The van der Waals surface area contributed by atoms with Crippen LogP contribution in [-0.2, 0) is 4.74 Å². The average molecular weight is 207 g/mol. The van der Waals surface area contributed by atoms with E-state index in [-0.39, 0.29) is 0 Å². The van der Waals surface area contributed by atoms with Gasteiger partial charge in [-0.15, -0.1) is 0 Å². The first-order valence-corrected chi connectivity index (χ1v) is 4.27. The molecule has 0 aliphatic rings. The van der Waals surface area contributed by atoms with Gasteiger partial charge in [0.1, 0.15) is 0 Å². The second kappa shape index (κ2) is 3.49. The van der Waals surface area contributed by atoms with E-state index in [4.69, 9.17) is 0 Å². The van der Waals surface area contributed by atoms with Crippen LogP contribution in [0.3, 0.4) is 0 Å². The van der Waals surface area contributed by atoms with E-state index >= 15 is 0 Å². The van der Waals surface area contributed by atoms with Gasteiger partial charge in [-0.1, -0.05) is 12.1 Å². The Morgan fingerprint density at radius 2 is 2.20 bits per heavy atom. The average Bonchev–Trinajstić information content (AvgIpc) is 2.55. The van der Waals surface area contributed by atoms with Crippen LogP contribution in [0.2, 0.25) is 0 Å². The molecule has 1 heterocycles. The van der Waals surface area contributed by atoms with Gasteiger partial charge in [0.2, 0.25) is 0 Å². The quantitative estimate of drug-likeness (QED) is 0.720. The number of nitrogens with one attached hydrogen (secondary N) is 2. The van der Waals surface area contributed by atoms with Gasteiger partial charge < -0.3 is 9.72 Å². The lowest BCUT2D eigenvalue weighted by molar-refractivity contribution is 0.183. The molecule has 0 saturated heterocycles. The highest BCUT2D eigenvalue weighted by Gasteiger charge is 2.08. The Bertz CT molecular complexity index is 555. The van der Waals surface area contributed by atoms with E-state index in [0.29, 0.717) is 11.0 Å². The number of H-pyrrole nitrogens is 1. The van der Waals surface area contributed by atoms with Gasteiger partial charge in [-0.05, 0) is 12.1 Å². The lowest BCUT2D eigenvalue weighted by Crippen LogP contribution is -2.31. The van der Waals surface area contributed by atoms with E-state index < -0.39 is 11.8 Å². The number of nitrogens with zero attached hydrogens (tertiary/aromatic N) is 1. The van der Waals surface area contributed by atoms with Gasteiger partial charge in [0.25, 0.3) is 0 Å². The Kier molecular flexibility index (Phi) is 2.17. The molecule has 6 heteroatoms. The summed E-state index contributed by atoms with van der Waals surface area (Å²) >= 11 is 0. The molecule has 2 rings (SSSR count). The van der Waals surface area contributed by atoms with E-state index in [2.05, 4.69) is 15.1 Å². The van der Waals surface area contributed by atoms with Crippen molar-refractivity contribution in [2.75, 3.05) is 12.5 Å². The van der Waals surface area contributed by atoms with Crippen molar-refractivity contribution < 1.29 is 9.53 Å². The smallest absolute Gasteiger partial charge is 0.426 e. The largest absolute Gasteiger partial charge is 0.452 e. The van der Waals surface area contributed by atoms with Gasteiger partial charge >= 0.3 is 11.8 Å². The van der Waals surface area contributed by atoms with Crippen LogP contribution in [0.25, 0.3) is 11.0 Å². The van der Waals surface area contributed by atoms with E-state index in [9.17, 15) is 9.59 Å². The van der Waals surface area contributed by atoms with Crippen molar-refractivity contribution in [1.29, 1.82) is 0 Å². The minimum atomic E-state index is -0.693. The summed E-state index contributed by atoms with van der Waals surface area (Å²) in [6, 6.07) is 7.02. The zero-order valence-electron chi connectivity index (χ0n) is 7.98. The molecule has 6 nitrogen and oxygen atoms in total. The SMILES string of the molecule is COC(=O)Nn1c(=O)[nH]c2ccccc21. The number of aromatic nitrogens is 2. The van der Waals surface area contributed by atoms with Crippen LogP contribution in [0.15, 0.2) is 29.1 Å². The first-order chi connectivity index (χ1) is 7.22. The standard InChI is InChI=1S/C9H9N3O3/c1-15-9(14)11-12-7-5-3-2-4-6(7)10-8(12)13/h2-5H,1H3,(H,10,13)(H,11,14). The number of para-hydroxylation sites is 2. The Labute approximate surface area is 84.4 Å². The van der Waals surface area contributed by atoms with Crippen molar-refractivity contribution in [3.63, 3.8) is 0 Å². The number of fused-ring (bicyclic) bond motifs is 1. The predicted octanol–water partition coefficient (Wildman–Crippen LogP) is 0.639. The number of ether oxygens (including phenoxy) is 1. The summed E-state index contributed by atoms with van der Waals surface area (Å²) in [6.45, 7) is 0. The molecule has 0 unspecified atom stereocenters. The normalized spacial score (nSPS) is 10.2. The molecule has 1 amide bonds. The number of rotatable bonds is 1. The molecular formula is C9H9N3O3. The Morgan fingerprint density at radius 3 is 2.93 bits per heavy atom. The van der Waals surface area contributed by atoms with Crippen molar-refractivity contribution >= 4 is 17.1 Å². The Morgan fingerprint density at radius 1 is 1.47 bits per heavy atom. The molecule has 2 N–H and O–H groups in total. The van der Waals surface area contributed by atoms with Crippen LogP contribution in [0.5, 0.6) is 0 Å². The molecule has 1 aromatic carbocycles. The predicted molar refractivity (Wildman–Crippen MR) is 54.3 cm³/mol. The first-order valence-electron chi connectivity index (χ1n) is 4.27. The molecule has 0 bridgehead atoms. The highest BCUT2D eigenvalue weighted by molar-refractivity contribution is 5.81. The van der Waals surface area contributed by atoms with Crippen molar-refractivity contribution in [2.24, 2.45) is 0 Å². The number of carbonyl (C=O) groups excluding carboxylic acids is 1. The molecule has 2 aromatic rings. The molecule has 0 spiro atoms. The fraction of sp³-hybridized carbons (Fsp3) is 0.111. The maximum absolute atomic E-state index is 11.4. The molecule has 0 radical (unpaired) electrons. The number of carbonyl (C=O) groups is 1. The van der Waals surface area contributed by atoms with Crippen molar-refractivity contribution in [3.8, 4) is 0 Å². The van der Waals surface area contributed by atoms with Crippen LogP contribution in [0.4, 0.5) is 4.79 Å². The van der Waals surface area contributed by atoms with Gasteiger partial charge in [0.05, 0.1) is 18.1 Å². The summed E-state index contributed by atoms with van der Waals surface area (Å²) in [5.74, 6) is 0. The Balaban J connectivity index is 2.54.